The van der Waals surface area contributed by atoms with Crippen molar-refractivity contribution in [1.82, 2.24) is 0 Å². The Labute approximate surface area is 93.5 Å². The van der Waals surface area contributed by atoms with E-state index in [-0.39, 0.29) is 47.0 Å². The molecule has 0 heterocycles. The smallest absolute Gasteiger partial charge is 0.166 e. The summed E-state index contributed by atoms with van der Waals surface area (Å²) in [7, 11) is 0. The summed E-state index contributed by atoms with van der Waals surface area (Å²) in [5.74, 6) is -1.14. The standard InChI is InChI=1S/C12H14O4/c1-3-10(14)8-5-7(13)6-9(12(8)16)11(15)4-2/h5-6,13,16H,3-4H2,1-2H3. The summed E-state index contributed by atoms with van der Waals surface area (Å²) in [5.41, 5.74) is -0.00130. The van der Waals surface area contributed by atoms with Gasteiger partial charge in [-0.25, -0.2) is 0 Å². The molecule has 0 aliphatic carbocycles. The highest BCUT2D eigenvalue weighted by Crippen LogP contribution is 2.29. The van der Waals surface area contributed by atoms with Gasteiger partial charge in [-0.05, 0) is 12.1 Å². The number of phenols is 2. The van der Waals surface area contributed by atoms with Crippen LogP contribution in [0, 0.1) is 0 Å². The van der Waals surface area contributed by atoms with Gasteiger partial charge in [0.15, 0.2) is 11.6 Å². The summed E-state index contributed by atoms with van der Waals surface area (Å²) >= 11 is 0. The number of ketones is 2. The van der Waals surface area contributed by atoms with Gasteiger partial charge in [-0.2, -0.15) is 0 Å². The minimum Gasteiger partial charge on any atom is -0.508 e. The van der Waals surface area contributed by atoms with Crippen molar-refractivity contribution in [1.29, 1.82) is 0 Å². The van der Waals surface area contributed by atoms with Crippen LogP contribution in [0.5, 0.6) is 11.5 Å². The molecule has 0 spiro atoms. The van der Waals surface area contributed by atoms with Crippen molar-refractivity contribution in [3.63, 3.8) is 0 Å². The van der Waals surface area contributed by atoms with Crippen LogP contribution >= 0.6 is 0 Å². The van der Waals surface area contributed by atoms with E-state index in [2.05, 4.69) is 0 Å². The lowest BCUT2D eigenvalue weighted by molar-refractivity contribution is 0.0983. The summed E-state index contributed by atoms with van der Waals surface area (Å²) in [6, 6.07) is 2.35. The fraction of sp³-hybridized carbons (Fsp3) is 0.333. The molecule has 0 aromatic heterocycles. The number of Topliss-reactive ketones (excluding diaryl/α,β-unsaturated/α-hetero) is 2. The SMILES string of the molecule is CCC(=O)c1cc(O)cc(C(=O)CC)c1O. The van der Waals surface area contributed by atoms with Gasteiger partial charge in [-0.15, -0.1) is 0 Å². The molecule has 0 saturated carbocycles. The summed E-state index contributed by atoms with van der Waals surface area (Å²) < 4.78 is 0. The molecule has 4 heteroatoms. The second-order valence-corrected chi connectivity index (χ2v) is 3.44. The number of hydrogen-bond donors (Lipinski definition) is 2. The number of carbonyl (C=O) groups is 2. The maximum Gasteiger partial charge on any atom is 0.166 e. The first-order chi connectivity index (χ1) is 7.51. The van der Waals surface area contributed by atoms with E-state index < -0.39 is 0 Å². The Morgan fingerprint density at radius 3 is 1.69 bits per heavy atom. The van der Waals surface area contributed by atoms with Crippen molar-refractivity contribution in [3.05, 3.63) is 23.3 Å². The molecule has 0 atom stereocenters. The van der Waals surface area contributed by atoms with Gasteiger partial charge >= 0.3 is 0 Å². The topological polar surface area (TPSA) is 74.6 Å². The van der Waals surface area contributed by atoms with Crippen LogP contribution in [-0.2, 0) is 0 Å². The van der Waals surface area contributed by atoms with E-state index in [0.717, 1.165) is 0 Å². The first-order valence-electron chi connectivity index (χ1n) is 5.13. The van der Waals surface area contributed by atoms with E-state index in [1.165, 1.54) is 12.1 Å². The van der Waals surface area contributed by atoms with E-state index in [1.54, 1.807) is 13.8 Å². The molecule has 0 aliphatic rings. The van der Waals surface area contributed by atoms with E-state index in [1.807, 2.05) is 0 Å². The summed E-state index contributed by atoms with van der Waals surface area (Å²) in [6.45, 7) is 3.29. The Bertz CT molecular complexity index is 398. The summed E-state index contributed by atoms with van der Waals surface area (Å²) in [6.07, 6.45) is 0.410. The van der Waals surface area contributed by atoms with Crippen LogP contribution in [0.2, 0.25) is 0 Å². The molecule has 0 amide bonds. The van der Waals surface area contributed by atoms with Crippen molar-refractivity contribution in [3.8, 4) is 11.5 Å². The third-order valence-corrected chi connectivity index (χ3v) is 2.34. The monoisotopic (exact) mass is 222 g/mol. The third-order valence-electron chi connectivity index (χ3n) is 2.34. The Balaban J connectivity index is 3.37. The molecule has 0 unspecified atom stereocenters. The van der Waals surface area contributed by atoms with Crippen LogP contribution in [0.1, 0.15) is 47.4 Å². The van der Waals surface area contributed by atoms with Crippen LogP contribution in [-0.4, -0.2) is 21.8 Å². The predicted octanol–water partition coefficient (Wildman–Crippen LogP) is 2.28. The van der Waals surface area contributed by atoms with Gasteiger partial charge in [0.2, 0.25) is 0 Å². The second-order valence-electron chi connectivity index (χ2n) is 3.44. The van der Waals surface area contributed by atoms with Crippen molar-refractivity contribution in [2.24, 2.45) is 0 Å². The van der Waals surface area contributed by atoms with Crippen LogP contribution in [0.25, 0.3) is 0 Å². The van der Waals surface area contributed by atoms with Crippen LogP contribution < -0.4 is 0 Å². The molecule has 0 fully saturated rings. The molecule has 16 heavy (non-hydrogen) atoms. The van der Waals surface area contributed by atoms with Gasteiger partial charge in [0.25, 0.3) is 0 Å². The molecule has 4 nitrogen and oxygen atoms in total. The lowest BCUT2D eigenvalue weighted by Gasteiger charge is -2.08. The highest BCUT2D eigenvalue weighted by molar-refractivity contribution is 6.05. The van der Waals surface area contributed by atoms with Crippen molar-refractivity contribution in [2.75, 3.05) is 0 Å². The normalized spacial score (nSPS) is 10.1. The Kier molecular flexibility index (Phi) is 3.66. The Morgan fingerprint density at radius 2 is 1.38 bits per heavy atom. The number of hydrogen-bond acceptors (Lipinski definition) is 4. The number of rotatable bonds is 4. The number of phenolic OH excluding ortho intramolecular Hbond substituents is 2. The molecule has 0 saturated heterocycles. The minimum absolute atomic E-state index is 0.000648. The molecule has 1 aromatic rings. The largest absolute Gasteiger partial charge is 0.508 e. The van der Waals surface area contributed by atoms with Crippen molar-refractivity contribution in [2.45, 2.75) is 26.7 Å². The molecule has 0 bridgehead atoms. The van der Waals surface area contributed by atoms with E-state index in [9.17, 15) is 19.8 Å². The fourth-order valence-corrected chi connectivity index (χ4v) is 1.43. The van der Waals surface area contributed by atoms with Gasteiger partial charge in [-0.3, -0.25) is 9.59 Å². The van der Waals surface area contributed by atoms with Gasteiger partial charge in [-0.1, -0.05) is 13.8 Å². The van der Waals surface area contributed by atoms with Gasteiger partial charge in [0.1, 0.15) is 11.5 Å². The first-order valence-corrected chi connectivity index (χ1v) is 5.13. The average Bonchev–Trinajstić information content (AvgIpc) is 2.29. The molecular weight excluding hydrogens is 208 g/mol. The maximum atomic E-state index is 11.5. The Morgan fingerprint density at radius 1 is 1.00 bits per heavy atom. The molecule has 0 aliphatic heterocycles. The fourth-order valence-electron chi connectivity index (χ4n) is 1.43. The van der Waals surface area contributed by atoms with Crippen LogP contribution in [0.4, 0.5) is 0 Å². The summed E-state index contributed by atoms with van der Waals surface area (Å²) in [5, 5.41) is 19.2. The van der Waals surface area contributed by atoms with E-state index in [0.29, 0.717) is 0 Å². The number of benzene rings is 1. The molecule has 1 aromatic carbocycles. The zero-order valence-corrected chi connectivity index (χ0v) is 9.28. The number of carbonyl (C=O) groups excluding carboxylic acids is 2. The first kappa shape index (κ1) is 12.2. The van der Waals surface area contributed by atoms with Gasteiger partial charge in [0.05, 0.1) is 11.1 Å². The van der Waals surface area contributed by atoms with Gasteiger partial charge < -0.3 is 10.2 Å². The Hall–Kier alpha value is -1.84. The molecule has 86 valence electrons. The second kappa shape index (κ2) is 4.79. The molecular formula is C12H14O4. The summed E-state index contributed by atoms with van der Waals surface area (Å²) in [4.78, 5) is 22.9. The quantitative estimate of drug-likeness (QED) is 0.605. The van der Waals surface area contributed by atoms with E-state index >= 15 is 0 Å². The van der Waals surface area contributed by atoms with Crippen molar-refractivity contribution < 1.29 is 19.8 Å². The van der Waals surface area contributed by atoms with Crippen LogP contribution in [0.3, 0.4) is 0 Å². The third kappa shape index (κ3) is 2.21. The zero-order chi connectivity index (χ0) is 12.3. The molecule has 0 radical (unpaired) electrons. The van der Waals surface area contributed by atoms with Gasteiger partial charge in [0, 0.05) is 12.8 Å². The predicted molar refractivity (Wildman–Crippen MR) is 59.0 cm³/mol. The average molecular weight is 222 g/mol. The molecule has 1 rings (SSSR count). The lowest BCUT2D eigenvalue weighted by Crippen LogP contribution is -2.03. The van der Waals surface area contributed by atoms with Crippen LogP contribution in [0.15, 0.2) is 12.1 Å². The number of aromatic hydroxyl groups is 2. The molecule has 2 N–H and O–H groups in total. The zero-order valence-electron chi connectivity index (χ0n) is 9.28. The minimum atomic E-state index is -0.337. The van der Waals surface area contributed by atoms with E-state index in [4.69, 9.17) is 0 Å². The lowest BCUT2D eigenvalue weighted by atomic mass is 9.99. The highest BCUT2D eigenvalue weighted by atomic mass is 16.3. The highest BCUT2D eigenvalue weighted by Gasteiger charge is 2.18. The van der Waals surface area contributed by atoms with Crippen molar-refractivity contribution >= 4 is 11.6 Å². The maximum absolute atomic E-state index is 11.5.